The van der Waals surface area contributed by atoms with Crippen LogP contribution in [-0.2, 0) is 0 Å². The normalized spacial score (nSPS) is 14.3. The summed E-state index contributed by atoms with van der Waals surface area (Å²) >= 11 is 7.78. The third-order valence-electron chi connectivity index (χ3n) is 5.17. The first kappa shape index (κ1) is 19.8. The molecule has 0 atom stereocenters. The number of piperazine rings is 1. The molecule has 1 saturated heterocycles. The molecule has 0 saturated carbocycles. The minimum Gasteiger partial charge on any atom is -0.495 e. The largest absolute Gasteiger partial charge is 0.495 e. The van der Waals surface area contributed by atoms with E-state index in [4.69, 9.17) is 21.3 Å². The number of thiazole rings is 1. The van der Waals surface area contributed by atoms with Crippen LogP contribution < -0.4 is 15.0 Å². The number of nitrogens with zero attached hydrogens (tertiary/aromatic N) is 3. The Morgan fingerprint density at radius 3 is 2.55 bits per heavy atom. The zero-order chi connectivity index (χ0) is 20.5. The Balaban J connectivity index is 1.43. The second kappa shape index (κ2) is 8.08. The average molecular weight is 431 g/mol. The van der Waals surface area contributed by atoms with E-state index in [9.17, 15) is 4.79 Å². The van der Waals surface area contributed by atoms with Crippen molar-refractivity contribution in [2.24, 2.45) is 0 Å². The standard InChI is InChI=1S/C21H23ClN4O2S/c1-13-4-5-14(2)19-18(13)24-21(29-19)26-10-8-25(9-11-26)20(27)23-16-12-15(22)6-7-17(16)28-3/h4-7,12H,8-11H2,1-3H3,(H,23,27). The number of hydrogen-bond acceptors (Lipinski definition) is 5. The summed E-state index contributed by atoms with van der Waals surface area (Å²) in [5, 5.41) is 4.48. The molecule has 1 aliphatic heterocycles. The highest BCUT2D eigenvalue weighted by atomic mass is 35.5. The molecule has 1 aliphatic rings. The predicted octanol–water partition coefficient (Wildman–Crippen LogP) is 4.93. The number of aryl methyl sites for hydroxylation is 2. The zero-order valence-corrected chi connectivity index (χ0v) is 18.2. The highest BCUT2D eigenvalue weighted by Gasteiger charge is 2.24. The number of ether oxygens (including phenoxy) is 1. The van der Waals surface area contributed by atoms with Gasteiger partial charge in [-0.25, -0.2) is 9.78 Å². The SMILES string of the molecule is COc1ccc(Cl)cc1NC(=O)N1CCN(c2nc3c(C)ccc(C)c3s2)CC1. The molecule has 2 heterocycles. The lowest BCUT2D eigenvalue weighted by Crippen LogP contribution is -2.50. The third kappa shape index (κ3) is 3.97. The molecule has 29 heavy (non-hydrogen) atoms. The Kier molecular flexibility index (Phi) is 5.52. The Labute approximate surface area is 179 Å². The van der Waals surface area contributed by atoms with Gasteiger partial charge >= 0.3 is 6.03 Å². The van der Waals surface area contributed by atoms with Crippen molar-refractivity contribution in [2.75, 3.05) is 43.5 Å². The molecule has 0 bridgehead atoms. The smallest absolute Gasteiger partial charge is 0.322 e. The van der Waals surface area contributed by atoms with E-state index < -0.39 is 0 Å². The van der Waals surface area contributed by atoms with Crippen LogP contribution in [0.15, 0.2) is 30.3 Å². The van der Waals surface area contributed by atoms with Gasteiger partial charge in [-0.2, -0.15) is 0 Å². The van der Waals surface area contributed by atoms with Crippen LogP contribution in [0.2, 0.25) is 5.02 Å². The number of carbonyl (C=O) groups excluding carboxylic acids is 1. The van der Waals surface area contributed by atoms with Crippen LogP contribution in [0.5, 0.6) is 5.75 Å². The maximum absolute atomic E-state index is 12.7. The summed E-state index contributed by atoms with van der Waals surface area (Å²) in [7, 11) is 1.57. The van der Waals surface area contributed by atoms with Crippen LogP contribution in [0, 0.1) is 13.8 Å². The van der Waals surface area contributed by atoms with E-state index in [1.165, 1.54) is 15.8 Å². The van der Waals surface area contributed by atoms with Crippen molar-refractivity contribution in [1.29, 1.82) is 0 Å². The molecule has 3 aromatic rings. The lowest BCUT2D eigenvalue weighted by atomic mass is 10.1. The minimum absolute atomic E-state index is 0.152. The molecule has 0 radical (unpaired) electrons. The van der Waals surface area contributed by atoms with Crippen molar-refractivity contribution in [3.63, 3.8) is 0 Å². The van der Waals surface area contributed by atoms with Crippen molar-refractivity contribution >= 4 is 50.0 Å². The van der Waals surface area contributed by atoms with Crippen LogP contribution in [0.3, 0.4) is 0 Å². The molecule has 1 aromatic heterocycles. The fourth-order valence-electron chi connectivity index (χ4n) is 3.46. The number of rotatable bonds is 3. The van der Waals surface area contributed by atoms with Crippen molar-refractivity contribution < 1.29 is 9.53 Å². The second-order valence-electron chi connectivity index (χ2n) is 7.12. The molecule has 8 heteroatoms. The van der Waals surface area contributed by atoms with Crippen molar-refractivity contribution in [3.05, 3.63) is 46.5 Å². The second-order valence-corrected chi connectivity index (χ2v) is 8.54. The summed E-state index contributed by atoms with van der Waals surface area (Å²) in [4.78, 5) is 21.6. The number of benzene rings is 2. The molecule has 4 rings (SSSR count). The molecule has 6 nitrogen and oxygen atoms in total. The van der Waals surface area contributed by atoms with Gasteiger partial charge in [0.25, 0.3) is 0 Å². The molecule has 1 fully saturated rings. The van der Waals surface area contributed by atoms with Gasteiger partial charge in [-0.05, 0) is 43.2 Å². The summed E-state index contributed by atoms with van der Waals surface area (Å²) in [5.41, 5.74) is 4.10. The van der Waals surface area contributed by atoms with Crippen molar-refractivity contribution in [1.82, 2.24) is 9.88 Å². The molecular weight excluding hydrogens is 408 g/mol. The van der Waals surface area contributed by atoms with Gasteiger partial charge < -0.3 is 19.9 Å². The number of methoxy groups -OCH3 is 1. The Morgan fingerprint density at radius 2 is 1.86 bits per heavy atom. The third-order valence-corrected chi connectivity index (χ3v) is 6.66. The molecule has 0 unspecified atom stereocenters. The molecule has 2 amide bonds. The molecule has 2 aromatic carbocycles. The lowest BCUT2D eigenvalue weighted by Gasteiger charge is -2.34. The van der Waals surface area contributed by atoms with Gasteiger partial charge in [0.1, 0.15) is 5.75 Å². The summed E-state index contributed by atoms with van der Waals surface area (Å²) in [6.45, 7) is 6.97. The summed E-state index contributed by atoms with van der Waals surface area (Å²) in [6, 6.07) is 9.28. The van der Waals surface area contributed by atoms with Crippen LogP contribution >= 0.6 is 22.9 Å². The molecule has 152 valence electrons. The van der Waals surface area contributed by atoms with E-state index in [0.717, 1.165) is 23.7 Å². The number of carbonyl (C=O) groups is 1. The van der Waals surface area contributed by atoms with Crippen LogP contribution in [0.1, 0.15) is 11.1 Å². The highest BCUT2D eigenvalue weighted by Crippen LogP contribution is 2.33. The van der Waals surface area contributed by atoms with E-state index >= 15 is 0 Å². The first-order valence-corrected chi connectivity index (χ1v) is 10.7. The Morgan fingerprint density at radius 1 is 1.14 bits per heavy atom. The van der Waals surface area contributed by atoms with Crippen LogP contribution in [-0.4, -0.2) is 49.2 Å². The first-order valence-electron chi connectivity index (χ1n) is 9.47. The van der Waals surface area contributed by atoms with E-state index in [-0.39, 0.29) is 6.03 Å². The number of urea groups is 1. The quantitative estimate of drug-likeness (QED) is 0.640. The molecule has 1 N–H and O–H groups in total. The van der Waals surface area contributed by atoms with Gasteiger partial charge in [-0.1, -0.05) is 35.1 Å². The number of halogens is 1. The monoisotopic (exact) mass is 430 g/mol. The van der Waals surface area contributed by atoms with E-state index in [0.29, 0.717) is 29.5 Å². The van der Waals surface area contributed by atoms with Crippen molar-refractivity contribution in [3.8, 4) is 5.75 Å². The summed E-state index contributed by atoms with van der Waals surface area (Å²) in [5.74, 6) is 0.585. The minimum atomic E-state index is -0.152. The predicted molar refractivity (Wildman–Crippen MR) is 120 cm³/mol. The van der Waals surface area contributed by atoms with E-state index in [1.54, 1.807) is 41.5 Å². The van der Waals surface area contributed by atoms with Crippen LogP contribution in [0.25, 0.3) is 10.2 Å². The average Bonchev–Trinajstić information content (AvgIpc) is 3.18. The van der Waals surface area contributed by atoms with Crippen LogP contribution in [0.4, 0.5) is 15.6 Å². The Hall–Kier alpha value is -2.51. The number of hydrogen-bond donors (Lipinski definition) is 1. The fraction of sp³-hybridized carbons (Fsp3) is 0.333. The number of amides is 2. The van der Waals surface area contributed by atoms with Gasteiger partial charge in [0.15, 0.2) is 5.13 Å². The van der Waals surface area contributed by atoms with Gasteiger partial charge in [0.2, 0.25) is 0 Å². The first-order chi connectivity index (χ1) is 14.0. The topological polar surface area (TPSA) is 57.7 Å². The molecular formula is C21H23ClN4O2S. The fourth-order valence-corrected chi connectivity index (χ4v) is 4.79. The van der Waals surface area contributed by atoms with E-state index in [2.05, 4.69) is 36.2 Å². The molecule has 0 aliphatic carbocycles. The maximum Gasteiger partial charge on any atom is 0.322 e. The highest BCUT2D eigenvalue weighted by molar-refractivity contribution is 7.22. The van der Waals surface area contributed by atoms with Crippen molar-refractivity contribution in [2.45, 2.75) is 13.8 Å². The zero-order valence-electron chi connectivity index (χ0n) is 16.7. The van der Waals surface area contributed by atoms with E-state index in [1.807, 2.05) is 0 Å². The van der Waals surface area contributed by atoms with Gasteiger partial charge in [-0.15, -0.1) is 0 Å². The van der Waals surface area contributed by atoms with Gasteiger partial charge in [0.05, 0.1) is 23.0 Å². The van der Waals surface area contributed by atoms with Gasteiger partial charge in [-0.3, -0.25) is 0 Å². The number of anilines is 2. The van der Waals surface area contributed by atoms with Gasteiger partial charge in [0, 0.05) is 31.2 Å². The number of aromatic nitrogens is 1. The lowest BCUT2D eigenvalue weighted by molar-refractivity contribution is 0.208. The molecule has 0 spiro atoms. The summed E-state index contributed by atoms with van der Waals surface area (Å²) < 4.78 is 6.55. The maximum atomic E-state index is 12.7. The summed E-state index contributed by atoms with van der Waals surface area (Å²) in [6.07, 6.45) is 0. The number of nitrogens with one attached hydrogen (secondary N) is 1. The number of fused-ring (bicyclic) bond motifs is 1. The Bertz CT molecular complexity index is 1020.